The first kappa shape index (κ1) is 17.9. The molecule has 2 aromatic rings. The predicted octanol–water partition coefficient (Wildman–Crippen LogP) is 4.72. The lowest BCUT2D eigenvalue weighted by Crippen LogP contribution is -2.32. The van der Waals surface area contributed by atoms with Crippen molar-refractivity contribution in [3.8, 4) is 5.75 Å². The van der Waals surface area contributed by atoms with E-state index in [4.69, 9.17) is 12.2 Å². The van der Waals surface area contributed by atoms with Gasteiger partial charge in [0.1, 0.15) is 15.6 Å². The van der Waals surface area contributed by atoms with Crippen molar-refractivity contribution in [2.75, 3.05) is 4.90 Å². The molecule has 11 heteroatoms. The molecule has 0 aliphatic heterocycles. The van der Waals surface area contributed by atoms with Gasteiger partial charge in [-0.15, -0.1) is 18.3 Å². The zero-order chi connectivity index (χ0) is 18.2. The molecular weight excluding hydrogens is 385 g/mol. The van der Waals surface area contributed by atoms with Crippen LogP contribution in [0.5, 0.6) is 5.75 Å². The third-order valence-corrected chi connectivity index (χ3v) is 4.65. The van der Waals surface area contributed by atoms with Crippen LogP contribution in [0.3, 0.4) is 0 Å². The highest BCUT2D eigenvalue weighted by molar-refractivity contribution is 7.81. The van der Waals surface area contributed by atoms with Gasteiger partial charge in [-0.25, -0.2) is 8.78 Å². The van der Waals surface area contributed by atoms with Crippen LogP contribution in [0.15, 0.2) is 24.3 Å². The van der Waals surface area contributed by atoms with Gasteiger partial charge in [0, 0.05) is 17.8 Å². The minimum Gasteiger partial charge on any atom is -0.406 e. The van der Waals surface area contributed by atoms with E-state index in [0.29, 0.717) is 5.69 Å². The van der Waals surface area contributed by atoms with E-state index in [-0.39, 0.29) is 15.9 Å². The summed E-state index contributed by atoms with van der Waals surface area (Å²) in [5, 5.41) is 3.39. The molecule has 1 aromatic heterocycles. The van der Waals surface area contributed by atoms with Gasteiger partial charge in [0.25, 0.3) is 6.43 Å². The molecule has 134 valence electrons. The minimum atomic E-state index is -4.83. The maximum atomic E-state index is 13.0. The molecule has 1 aliphatic rings. The number of thiocarbonyl (C=S) groups is 1. The summed E-state index contributed by atoms with van der Waals surface area (Å²) in [6, 6.07) is 5.19. The van der Waals surface area contributed by atoms with Crippen molar-refractivity contribution in [3.63, 3.8) is 0 Å². The Kier molecular flexibility index (Phi) is 4.87. The van der Waals surface area contributed by atoms with E-state index >= 15 is 0 Å². The van der Waals surface area contributed by atoms with Gasteiger partial charge in [0.2, 0.25) is 0 Å². The van der Waals surface area contributed by atoms with Crippen LogP contribution in [0.2, 0.25) is 0 Å². The summed E-state index contributed by atoms with van der Waals surface area (Å²) in [4.78, 5) is 1.66. The summed E-state index contributed by atoms with van der Waals surface area (Å²) in [5.41, 5.74) is -0.189. The summed E-state index contributed by atoms with van der Waals surface area (Å²) < 4.78 is 70.7. The predicted molar refractivity (Wildman–Crippen MR) is 85.2 cm³/mol. The lowest BCUT2D eigenvalue weighted by atomic mass is 10.2. The van der Waals surface area contributed by atoms with Crippen molar-refractivity contribution in [2.24, 2.45) is 0 Å². The lowest BCUT2D eigenvalue weighted by Gasteiger charge is -2.25. The van der Waals surface area contributed by atoms with Gasteiger partial charge in [0.05, 0.1) is 0 Å². The first-order chi connectivity index (χ1) is 11.8. The SMILES string of the molecule is FC(F)c1nnsc1C(=S)N(c1cccc(OC(F)(F)F)c1)C1CC1. The van der Waals surface area contributed by atoms with Crippen molar-refractivity contribution in [2.45, 2.75) is 31.7 Å². The molecule has 0 unspecified atom stereocenters. The molecule has 3 rings (SSSR count). The van der Waals surface area contributed by atoms with Gasteiger partial charge < -0.3 is 9.64 Å². The third kappa shape index (κ3) is 4.21. The van der Waals surface area contributed by atoms with E-state index in [1.165, 1.54) is 12.1 Å². The fraction of sp³-hybridized carbons (Fsp3) is 0.357. The van der Waals surface area contributed by atoms with Gasteiger partial charge >= 0.3 is 6.36 Å². The molecule has 0 saturated heterocycles. The molecule has 0 N–H and O–H groups in total. The molecule has 4 nitrogen and oxygen atoms in total. The first-order valence-corrected chi connectivity index (χ1v) is 8.24. The van der Waals surface area contributed by atoms with E-state index in [9.17, 15) is 22.0 Å². The Morgan fingerprint density at radius 1 is 1.32 bits per heavy atom. The fourth-order valence-electron chi connectivity index (χ4n) is 2.26. The number of ether oxygens (including phenoxy) is 1. The maximum Gasteiger partial charge on any atom is 0.573 e. The maximum absolute atomic E-state index is 13.0. The van der Waals surface area contributed by atoms with Crippen LogP contribution in [0.4, 0.5) is 27.6 Å². The standard InChI is InChI=1S/C14H10F5N3OS2/c15-12(16)10-11(25-21-20-10)13(24)22(7-4-5-7)8-2-1-3-9(6-8)23-14(17,18)19/h1-3,6-7,12H,4-5H2. The van der Waals surface area contributed by atoms with Crippen LogP contribution < -0.4 is 9.64 Å². The number of hydrogen-bond acceptors (Lipinski definition) is 5. The topological polar surface area (TPSA) is 38.2 Å². The molecule has 1 fully saturated rings. The number of hydrogen-bond donors (Lipinski definition) is 0. The Bertz CT molecular complexity index is 776. The summed E-state index contributed by atoms with van der Waals surface area (Å²) in [7, 11) is 0. The van der Waals surface area contributed by atoms with Crippen LogP contribution in [-0.2, 0) is 0 Å². The molecule has 0 amide bonds. The van der Waals surface area contributed by atoms with Crippen molar-refractivity contribution in [1.29, 1.82) is 0 Å². The third-order valence-electron chi connectivity index (χ3n) is 3.37. The number of benzene rings is 1. The normalized spacial score (nSPS) is 14.6. The molecule has 1 aromatic carbocycles. The summed E-state index contributed by atoms with van der Waals surface area (Å²) in [6.07, 6.45) is -6.16. The first-order valence-electron chi connectivity index (χ1n) is 7.06. The molecule has 0 spiro atoms. The van der Waals surface area contributed by atoms with E-state index < -0.39 is 24.2 Å². The van der Waals surface area contributed by atoms with Crippen molar-refractivity contribution in [1.82, 2.24) is 9.59 Å². The molecule has 0 bridgehead atoms. The molecule has 25 heavy (non-hydrogen) atoms. The van der Waals surface area contributed by atoms with Crippen LogP contribution in [-0.4, -0.2) is 27.0 Å². The van der Waals surface area contributed by atoms with Gasteiger partial charge in [-0.3, -0.25) is 0 Å². The Morgan fingerprint density at radius 3 is 2.64 bits per heavy atom. The number of alkyl halides is 5. The summed E-state index contributed by atoms with van der Waals surface area (Å²) in [6.45, 7) is 0. The molecule has 1 aliphatic carbocycles. The van der Waals surface area contributed by atoms with Crippen LogP contribution in [0.25, 0.3) is 0 Å². The van der Waals surface area contributed by atoms with Crippen LogP contribution in [0.1, 0.15) is 29.8 Å². The highest BCUT2D eigenvalue weighted by Gasteiger charge is 2.36. The van der Waals surface area contributed by atoms with E-state index in [1.54, 1.807) is 11.0 Å². The summed E-state index contributed by atoms with van der Waals surface area (Å²) in [5.74, 6) is -0.407. The Labute approximate surface area is 148 Å². The number of nitrogens with zero attached hydrogens (tertiary/aromatic N) is 3. The smallest absolute Gasteiger partial charge is 0.406 e. The average molecular weight is 395 g/mol. The van der Waals surface area contributed by atoms with Gasteiger partial charge in [-0.2, -0.15) is 0 Å². The zero-order valence-electron chi connectivity index (χ0n) is 12.3. The lowest BCUT2D eigenvalue weighted by molar-refractivity contribution is -0.274. The zero-order valence-corrected chi connectivity index (χ0v) is 14.0. The van der Waals surface area contributed by atoms with E-state index in [2.05, 4.69) is 14.3 Å². The van der Waals surface area contributed by atoms with Gasteiger partial charge in [-0.05, 0) is 36.5 Å². The van der Waals surface area contributed by atoms with Gasteiger partial charge in [0.15, 0.2) is 5.69 Å². The highest BCUT2D eigenvalue weighted by atomic mass is 32.1. The largest absolute Gasteiger partial charge is 0.573 e. The van der Waals surface area contributed by atoms with Crippen molar-refractivity contribution >= 4 is 34.4 Å². The number of halogens is 5. The Balaban J connectivity index is 1.93. The van der Waals surface area contributed by atoms with E-state index in [0.717, 1.165) is 30.4 Å². The van der Waals surface area contributed by atoms with Crippen LogP contribution in [0, 0.1) is 0 Å². The molecule has 0 radical (unpaired) electrons. The Morgan fingerprint density at radius 2 is 2.04 bits per heavy atom. The van der Waals surface area contributed by atoms with Crippen LogP contribution >= 0.6 is 23.8 Å². The molecule has 1 saturated carbocycles. The summed E-state index contributed by atoms with van der Waals surface area (Å²) >= 11 is 6.05. The van der Waals surface area contributed by atoms with Crippen molar-refractivity contribution in [3.05, 3.63) is 34.8 Å². The molecular formula is C14H10F5N3OS2. The monoisotopic (exact) mass is 395 g/mol. The Hall–Kier alpha value is -1.88. The highest BCUT2D eigenvalue weighted by Crippen LogP contribution is 2.37. The second kappa shape index (κ2) is 6.79. The average Bonchev–Trinajstić information content (AvgIpc) is 3.20. The number of rotatable bonds is 5. The van der Waals surface area contributed by atoms with E-state index in [1.807, 2.05) is 0 Å². The molecule has 0 atom stereocenters. The number of aromatic nitrogens is 2. The second-order valence-corrected chi connectivity index (χ2v) is 6.38. The molecule has 1 heterocycles. The fourth-order valence-corrected chi connectivity index (χ4v) is 3.34. The van der Waals surface area contributed by atoms with Crippen molar-refractivity contribution < 1.29 is 26.7 Å². The van der Waals surface area contributed by atoms with Gasteiger partial charge in [-0.1, -0.05) is 22.8 Å². The number of anilines is 1. The quantitative estimate of drug-likeness (QED) is 0.541. The minimum absolute atomic E-state index is 0.0408. The second-order valence-electron chi connectivity index (χ2n) is 5.24.